The first kappa shape index (κ1) is 20.9. The average molecular weight is 445 g/mol. The standard InChI is InChI=1S/C28H32N2O3/c1-19-8-9-24-23(18-19)22-10-16-33-28(27(22)29-24)11-13-30(14-12-28)15-17-32-26-7-3-4-20-21(26)5-2-6-25(20)31/h3-4,7-9,18,29H,2,5-6,10-17H2,1H3. The fourth-order valence-corrected chi connectivity index (χ4v) is 6.03. The third kappa shape index (κ3) is 3.68. The number of H-pyrrole nitrogens is 1. The molecule has 5 nitrogen and oxygen atoms in total. The fraction of sp³-hybridized carbons (Fsp3) is 0.464. The van der Waals surface area contributed by atoms with Crippen LogP contribution in [0.25, 0.3) is 10.9 Å². The summed E-state index contributed by atoms with van der Waals surface area (Å²) >= 11 is 0. The van der Waals surface area contributed by atoms with Crippen molar-refractivity contribution in [2.75, 3.05) is 32.8 Å². The molecule has 0 bridgehead atoms. The number of fused-ring (bicyclic) bond motifs is 5. The summed E-state index contributed by atoms with van der Waals surface area (Å²) in [6.45, 7) is 6.51. The molecule has 3 aromatic rings. The summed E-state index contributed by atoms with van der Waals surface area (Å²) in [6.07, 6.45) is 5.51. The van der Waals surface area contributed by atoms with E-state index in [1.54, 1.807) is 0 Å². The first-order valence-electron chi connectivity index (χ1n) is 12.4. The highest BCUT2D eigenvalue weighted by molar-refractivity contribution is 5.99. The van der Waals surface area contributed by atoms with E-state index in [0.29, 0.717) is 13.0 Å². The Kier molecular flexibility index (Phi) is 5.27. The molecule has 0 radical (unpaired) electrons. The van der Waals surface area contributed by atoms with Crippen LogP contribution in [0.3, 0.4) is 0 Å². The number of piperidine rings is 1. The lowest BCUT2D eigenvalue weighted by atomic mass is 9.83. The Hall–Kier alpha value is -2.63. The predicted molar refractivity (Wildman–Crippen MR) is 129 cm³/mol. The molecule has 2 aliphatic heterocycles. The van der Waals surface area contributed by atoms with E-state index in [1.807, 2.05) is 18.2 Å². The number of hydrogen-bond donors (Lipinski definition) is 1. The third-order valence-corrected chi connectivity index (χ3v) is 7.84. The Bertz CT molecular complexity index is 1200. The maximum atomic E-state index is 12.2. The van der Waals surface area contributed by atoms with Gasteiger partial charge < -0.3 is 14.5 Å². The number of benzene rings is 2. The van der Waals surface area contributed by atoms with E-state index in [9.17, 15) is 4.79 Å². The molecular formula is C28H32N2O3. The number of hydrogen-bond acceptors (Lipinski definition) is 4. The van der Waals surface area contributed by atoms with Gasteiger partial charge in [0.1, 0.15) is 18.0 Å². The summed E-state index contributed by atoms with van der Waals surface area (Å²) in [5, 5.41) is 1.37. The zero-order chi connectivity index (χ0) is 22.4. The molecular weight excluding hydrogens is 412 g/mol. The molecule has 5 heteroatoms. The van der Waals surface area contributed by atoms with E-state index < -0.39 is 0 Å². The van der Waals surface area contributed by atoms with Crippen LogP contribution < -0.4 is 4.74 Å². The smallest absolute Gasteiger partial charge is 0.163 e. The Labute approximate surface area is 195 Å². The Morgan fingerprint density at radius 1 is 1.09 bits per heavy atom. The molecule has 0 atom stereocenters. The lowest BCUT2D eigenvalue weighted by molar-refractivity contribution is -0.101. The number of aromatic amines is 1. The number of aromatic nitrogens is 1. The van der Waals surface area contributed by atoms with Crippen LogP contribution in [0.1, 0.15) is 58.4 Å². The Balaban J connectivity index is 1.11. The quantitative estimate of drug-likeness (QED) is 0.619. The highest BCUT2D eigenvalue weighted by atomic mass is 16.5. The summed E-state index contributed by atoms with van der Waals surface area (Å²) in [5.41, 5.74) is 7.09. The molecule has 1 spiro atoms. The number of carbonyl (C=O) groups excluding carboxylic acids is 1. The second kappa shape index (κ2) is 8.30. The van der Waals surface area contributed by atoms with Crippen molar-refractivity contribution in [2.45, 2.75) is 51.0 Å². The highest BCUT2D eigenvalue weighted by Crippen LogP contribution is 2.43. The lowest BCUT2D eigenvalue weighted by Gasteiger charge is -2.43. The molecule has 0 amide bonds. The van der Waals surface area contributed by atoms with E-state index in [4.69, 9.17) is 9.47 Å². The molecule has 6 rings (SSSR count). The number of rotatable bonds is 4. The van der Waals surface area contributed by atoms with Crippen molar-refractivity contribution in [3.05, 3.63) is 64.3 Å². The first-order valence-corrected chi connectivity index (χ1v) is 12.4. The third-order valence-electron chi connectivity index (χ3n) is 7.84. The number of carbonyl (C=O) groups is 1. The average Bonchev–Trinajstić information content (AvgIpc) is 3.21. The van der Waals surface area contributed by atoms with E-state index in [2.05, 4.69) is 35.0 Å². The summed E-state index contributed by atoms with van der Waals surface area (Å²) in [5.74, 6) is 1.14. The van der Waals surface area contributed by atoms with Crippen LogP contribution in [0.5, 0.6) is 5.75 Å². The van der Waals surface area contributed by atoms with Gasteiger partial charge in [0.05, 0.1) is 12.3 Å². The van der Waals surface area contributed by atoms with Gasteiger partial charge in [-0.15, -0.1) is 0 Å². The first-order chi connectivity index (χ1) is 16.1. The van der Waals surface area contributed by atoms with Gasteiger partial charge in [-0.05, 0) is 62.8 Å². The molecule has 1 saturated heterocycles. The predicted octanol–water partition coefficient (Wildman–Crippen LogP) is 4.94. The minimum atomic E-state index is -0.184. The second-order valence-electron chi connectivity index (χ2n) is 9.87. The maximum Gasteiger partial charge on any atom is 0.163 e. The number of aryl methyl sites for hydroxylation is 1. The van der Waals surface area contributed by atoms with Crippen molar-refractivity contribution in [3.63, 3.8) is 0 Å². The van der Waals surface area contributed by atoms with Gasteiger partial charge in [0.25, 0.3) is 0 Å². The minimum Gasteiger partial charge on any atom is -0.492 e. The number of nitrogens with zero attached hydrogens (tertiary/aromatic N) is 1. The number of likely N-dealkylation sites (tertiary alicyclic amines) is 1. The van der Waals surface area contributed by atoms with Crippen molar-refractivity contribution < 1.29 is 14.3 Å². The normalized spacial score (nSPS) is 20.1. The van der Waals surface area contributed by atoms with E-state index >= 15 is 0 Å². The lowest BCUT2D eigenvalue weighted by Crippen LogP contribution is -2.47. The molecule has 0 saturated carbocycles. The van der Waals surface area contributed by atoms with Crippen LogP contribution in [0.4, 0.5) is 0 Å². The molecule has 2 aromatic carbocycles. The summed E-state index contributed by atoms with van der Waals surface area (Å²) in [4.78, 5) is 18.4. The molecule has 33 heavy (non-hydrogen) atoms. The van der Waals surface area contributed by atoms with Gasteiger partial charge in [0, 0.05) is 48.1 Å². The molecule has 1 fully saturated rings. The topological polar surface area (TPSA) is 54.6 Å². The fourth-order valence-electron chi connectivity index (χ4n) is 6.03. The molecule has 0 unspecified atom stereocenters. The molecule has 1 aliphatic carbocycles. The molecule has 1 N–H and O–H groups in total. The molecule has 172 valence electrons. The summed E-state index contributed by atoms with van der Waals surface area (Å²) in [6, 6.07) is 12.6. The zero-order valence-corrected chi connectivity index (χ0v) is 19.4. The van der Waals surface area contributed by atoms with Gasteiger partial charge in [0.15, 0.2) is 5.78 Å². The van der Waals surface area contributed by atoms with E-state index in [0.717, 1.165) is 75.2 Å². The second-order valence-corrected chi connectivity index (χ2v) is 9.87. The Morgan fingerprint density at radius 3 is 2.85 bits per heavy atom. The van der Waals surface area contributed by atoms with Gasteiger partial charge in [-0.1, -0.05) is 23.8 Å². The Morgan fingerprint density at radius 2 is 1.97 bits per heavy atom. The van der Waals surface area contributed by atoms with Gasteiger partial charge in [0.2, 0.25) is 0 Å². The maximum absolute atomic E-state index is 12.2. The summed E-state index contributed by atoms with van der Waals surface area (Å²) in [7, 11) is 0. The van der Waals surface area contributed by atoms with E-state index in [-0.39, 0.29) is 11.4 Å². The van der Waals surface area contributed by atoms with Gasteiger partial charge in [-0.25, -0.2) is 0 Å². The van der Waals surface area contributed by atoms with Crippen LogP contribution in [0.15, 0.2) is 36.4 Å². The number of ether oxygens (including phenoxy) is 2. The molecule has 1 aromatic heterocycles. The SMILES string of the molecule is Cc1ccc2[nH]c3c(c2c1)CCOC31CCN(CCOc2cccc3c2CCCC3=O)CC1. The van der Waals surface area contributed by atoms with Gasteiger partial charge >= 0.3 is 0 Å². The zero-order valence-electron chi connectivity index (χ0n) is 19.4. The van der Waals surface area contributed by atoms with Crippen molar-refractivity contribution in [3.8, 4) is 5.75 Å². The molecule has 3 aliphatic rings. The van der Waals surface area contributed by atoms with Crippen LogP contribution in [0, 0.1) is 6.92 Å². The number of ketones is 1. The van der Waals surface area contributed by atoms with Crippen LogP contribution in [-0.4, -0.2) is 48.5 Å². The van der Waals surface area contributed by atoms with Crippen LogP contribution in [-0.2, 0) is 23.2 Å². The highest BCUT2D eigenvalue weighted by Gasteiger charge is 2.42. The van der Waals surface area contributed by atoms with Crippen molar-refractivity contribution in [1.29, 1.82) is 0 Å². The van der Waals surface area contributed by atoms with E-state index in [1.165, 1.54) is 27.7 Å². The van der Waals surface area contributed by atoms with Crippen molar-refractivity contribution >= 4 is 16.7 Å². The van der Waals surface area contributed by atoms with Crippen LogP contribution in [0.2, 0.25) is 0 Å². The number of Topliss-reactive ketones (excluding diaryl/α,β-unsaturated/α-hetero) is 1. The largest absolute Gasteiger partial charge is 0.492 e. The summed E-state index contributed by atoms with van der Waals surface area (Å²) < 4.78 is 12.6. The van der Waals surface area contributed by atoms with Gasteiger partial charge in [-0.3, -0.25) is 9.69 Å². The van der Waals surface area contributed by atoms with Crippen molar-refractivity contribution in [1.82, 2.24) is 9.88 Å². The minimum absolute atomic E-state index is 0.184. The molecule has 3 heterocycles. The van der Waals surface area contributed by atoms with Crippen LogP contribution >= 0.6 is 0 Å². The number of nitrogens with one attached hydrogen (secondary N) is 1. The van der Waals surface area contributed by atoms with Crippen molar-refractivity contribution in [2.24, 2.45) is 0 Å². The monoisotopic (exact) mass is 444 g/mol. The van der Waals surface area contributed by atoms with Gasteiger partial charge in [-0.2, -0.15) is 0 Å².